The third-order valence-corrected chi connectivity index (χ3v) is 1.98. The predicted octanol–water partition coefficient (Wildman–Crippen LogP) is 2.44. The number of phenolic OH excluding ortho intramolecular Hbond substituents is 1. The van der Waals surface area contributed by atoms with Gasteiger partial charge >= 0.3 is 0 Å². The molecule has 0 aliphatic heterocycles. The second-order valence-electron chi connectivity index (χ2n) is 2.63. The van der Waals surface area contributed by atoms with E-state index in [1.54, 1.807) is 30.7 Å². The summed E-state index contributed by atoms with van der Waals surface area (Å²) in [4.78, 5) is 6.75. The predicted molar refractivity (Wildman–Crippen MR) is 50.7 cm³/mol. The van der Waals surface area contributed by atoms with Gasteiger partial charge in [-0.3, -0.25) is 0 Å². The zero-order valence-electron chi connectivity index (χ0n) is 6.66. The molecule has 0 radical (unpaired) electrons. The molecule has 3 nitrogen and oxygen atoms in total. The van der Waals surface area contributed by atoms with Gasteiger partial charge in [0, 0.05) is 10.6 Å². The van der Waals surface area contributed by atoms with Gasteiger partial charge in [-0.1, -0.05) is 11.6 Å². The molecule has 0 aliphatic rings. The van der Waals surface area contributed by atoms with Gasteiger partial charge in [0.2, 0.25) is 0 Å². The molecule has 1 aromatic heterocycles. The second-order valence-corrected chi connectivity index (χ2v) is 3.06. The number of rotatable bonds is 1. The highest BCUT2D eigenvalue weighted by atomic mass is 35.5. The van der Waals surface area contributed by atoms with E-state index in [0.29, 0.717) is 10.6 Å². The first-order chi connectivity index (χ1) is 6.27. The number of nitrogens with zero attached hydrogens (tertiary/aromatic N) is 1. The van der Waals surface area contributed by atoms with Crippen LogP contribution in [-0.2, 0) is 0 Å². The van der Waals surface area contributed by atoms with Crippen molar-refractivity contribution in [2.75, 3.05) is 0 Å². The molecule has 0 saturated carbocycles. The molecular formula is C9H7ClN2O. The smallest absolute Gasteiger partial charge is 0.125 e. The van der Waals surface area contributed by atoms with Crippen LogP contribution < -0.4 is 0 Å². The van der Waals surface area contributed by atoms with Gasteiger partial charge in [0.05, 0.1) is 18.2 Å². The summed E-state index contributed by atoms with van der Waals surface area (Å²) in [5.74, 6) is 0.189. The number of H-pyrrole nitrogens is 1. The number of nitrogens with one attached hydrogen (secondary N) is 1. The Morgan fingerprint density at radius 2 is 2.23 bits per heavy atom. The van der Waals surface area contributed by atoms with Crippen LogP contribution in [0.1, 0.15) is 0 Å². The maximum atomic E-state index is 9.50. The van der Waals surface area contributed by atoms with Gasteiger partial charge < -0.3 is 10.1 Å². The van der Waals surface area contributed by atoms with Crippen molar-refractivity contribution in [3.05, 3.63) is 35.7 Å². The quantitative estimate of drug-likeness (QED) is 0.733. The molecule has 1 aromatic carbocycles. The van der Waals surface area contributed by atoms with E-state index in [1.165, 1.54) is 0 Å². The van der Waals surface area contributed by atoms with Crippen LogP contribution in [0.5, 0.6) is 5.75 Å². The van der Waals surface area contributed by atoms with E-state index < -0.39 is 0 Å². The van der Waals surface area contributed by atoms with Crippen molar-refractivity contribution in [3.8, 4) is 17.0 Å². The average molecular weight is 195 g/mol. The first-order valence-electron chi connectivity index (χ1n) is 3.74. The van der Waals surface area contributed by atoms with Crippen LogP contribution in [0.15, 0.2) is 30.7 Å². The number of imidazole rings is 1. The molecular weight excluding hydrogens is 188 g/mol. The minimum Gasteiger partial charge on any atom is -0.507 e. The molecule has 0 bridgehead atoms. The van der Waals surface area contributed by atoms with Gasteiger partial charge in [-0.25, -0.2) is 4.98 Å². The lowest BCUT2D eigenvalue weighted by atomic mass is 10.1. The summed E-state index contributed by atoms with van der Waals surface area (Å²) in [6.45, 7) is 0. The molecule has 4 heteroatoms. The standard InChI is InChI=1S/C9H7ClN2O/c10-6-1-2-9(13)7(3-6)8-4-11-5-12-8/h1-5,13H,(H,11,12). The van der Waals surface area contributed by atoms with E-state index in [4.69, 9.17) is 11.6 Å². The van der Waals surface area contributed by atoms with E-state index in [9.17, 15) is 5.11 Å². The van der Waals surface area contributed by atoms with Crippen molar-refractivity contribution in [2.45, 2.75) is 0 Å². The summed E-state index contributed by atoms with van der Waals surface area (Å²) in [5.41, 5.74) is 1.41. The van der Waals surface area contributed by atoms with Crippen molar-refractivity contribution in [1.82, 2.24) is 9.97 Å². The van der Waals surface area contributed by atoms with Gasteiger partial charge in [0.1, 0.15) is 5.75 Å². The fraction of sp³-hybridized carbons (Fsp3) is 0. The highest BCUT2D eigenvalue weighted by molar-refractivity contribution is 6.30. The van der Waals surface area contributed by atoms with Crippen LogP contribution >= 0.6 is 11.6 Å². The van der Waals surface area contributed by atoms with Crippen LogP contribution in [0.25, 0.3) is 11.3 Å². The molecule has 0 fully saturated rings. The maximum absolute atomic E-state index is 9.50. The monoisotopic (exact) mass is 194 g/mol. The summed E-state index contributed by atoms with van der Waals surface area (Å²) in [7, 11) is 0. The largest absolute Gasteiger partial charge is 0.507 e. The third-order valence-electron chi connectivity index (χ3n) is 1.75. The van der Waals surface area contributed by atoms with E-state index >= 15 is 0 Å². The Labute approximate surface area is 80.0 Å². The molecule has 1 heterocycles. The van der Waals surface area contributed by atoms with Crippen molar-refractivity contribution >= 4 is 11.6 Å². The molecule has 2 N–H and O–H groups in total. The SMILES string of the molecule is Oc1ccc(Cl)cc1-c1cnc[nH]1. The lowest BCUT2D eigenvalue weighted by molar-refractivity contribution is 0.477. The number of aromatic nitrogens is 2. The molecule has 0 saturated heterocycles. The van der Waals surface area contributed by atoms with Crippen LogP contribution in [-0.4, -0.2) is 15.1 Å². The lowest BCUT2D eigenvalue weighted by Gasteiger charge is -2.01. The van der Waals surface area contributed by atoms with Crippen LogP contribution in [0.3, 0.4) is 0 Å². The van der Waals surface area contributed by atoms with Crippen molar-refractivity contribution in [1.29, 1.82) is 0 Å². The zero-order chi connectivity index (χ0) is 9.26. The fourth-order valence-electron chi connectivity index (χ4n) is 1.13. The Bertz CT molecular complexity index is 412. The van der Waals surface area contributed by atoms with Gasteiger partial charge in [-0.15, -0.1) is 0 Å². The number of hydrogen-bond acceptors (Lipinski definition) is 2. The van der Waals surface area contributed by atoms with Gasteiger partial charge in [0.25, 0.3) is 0 Å². The number of aromatic hydroxyl groups is 1. The third kappa shape index (κ3) is 1.51. The Balaban J connectivity index is 2.57. The number of aromatic amines is 1. The maximum Gasteiger partial charge on any atom is 0.125 e. The van der Waals surface area contributed by atoms with E-state index in [-0.39, 0.29) is 5.75 Å². The number of hydrogen-bond donors (Lipinski definition) is 2. The second kappa shape index (κ2) is 3.11. The Kier molecular flexibility index (Phi) is 1.94. The minimum atomic E-state index is 0.189. The molecule has 0 aliphatic carbocycles. The lowest BCUT2D eigenvalue weighted by Crippen LogP contribution is -1.78. The summed E-state index contributed by atoms with van der Waals surface area (Å²) in [5, 5.41) is 10.1. The zero-order valence-corrected chi connectivity index (χ0v) is 7.42. The Morgan fingerprint density at radius 3 is 2.92 bits per heavy atom. The highest BCUT2D eigenvalue weighted by Gasteiger charge is 2.05. The van der Waals surface area contributed by atoms with E-state index in [0.717, 1.165) is 5.69 Å². The normalized spacial score (nSPS) is 10.2. The Hall–Kier alpha value is -1.48. The molecule has 2 aromatic rings. The number of benzene rings is 1. The first-order valence-corrected chi connectivity index (χ1v) is 4.12. The fourth-order valence-corrected chi connectivity index (χ4v) is 1.30. The van der Waals surface area contributed by atoms with Gasteiger partial charge in [-0.05, 0) is 18.2 Å². The van der Waals surface area contributed by atoms with E-state index in [1.807, 2.05) is 0 Å². The van der Waals surface area contributed by atoms with Crippen molar-refractivity contribution in [3.63, 3.8) is 0 Å². The van der Waals surface area contributed by atoms with Gasteiger partial charge in [-0.2, -0.15) is 0 Å². The molecule has 0 atom stereocenters. The number of halogens is 1. The van der Waals surface area contributed by atoms with Crippen LogP contribution in [0.2, 0.25) is 5.02 Å². The van der Waals surface area contributed by atoms with Crippen molar-refractivity contribution in [2.24, 2.45) is 0 Å². The van der Waals surface area contributed by atoms with Crippen molar-refractivity contribution < 1.29 is 5.11 Å². The minimum absolute atomic E-state index is 0.189. The Morgan fingerprint density at radius 1 is 1.38 bits per heavy atom. The number of phenols is 1. The first kappa shape index (κ1) is 8.13. The van der Waals surface area contributed by atoms with Crippen LogP contribution in [0, 0.1) is 0 Å². The highest BCUT2D eigenvalue weighted by Crippen LogP contribution is 2.29. The summed E-state index contributed by atoms with van der Waals surface area (Å²) in [6, 6.07) is 4.87. The van der Waals surface area contributed by atoms with Gasteiger partial charge in [0.15, 0.2) is 0 Å². The molecule has 0 spiro atoms. The summed E-state index contributed by atoms with van der Waals surface area (Å²) in [6.07, 6.45) is 3.18. The molecule has 0 amide bonds. The van der Waals surface area contributed by atoms with Crippen LogP contribution in [0.4, 0.5) is 0 Å². The average Bonchev–Trinajstić information content (AvgIpc) is 2.61. The summed E-state index contributed by atoms with van der Waals surface area (Å²) < 4.78 is 0. The molecule has 2 rings (SSSR count). The molecule has 66 valence electrons. The molecule has 0 unspecified atom stereocenters. The summed E-state index contributed by atoms with van der Waals surface area (Å²) >= 11 is 5.79. The van der Waals surface area contributed by atoms with E-state index in [2.05, 4.69) is 9.97 Å². The topological polar surface area (TPSA) is 48.9 Å². The molecule has 13 heavy (non-hydrogen) atoms.